The van der Waals surface area contributed by atoms with E-state index in [4.69, 9.17) is 42.1 Å². The third kappa shape index (κ3) is 4.86. The van der Waals surface area contributed by atoms with Crippen molar-refractivity contribution in [2.75, 3.05) is 33.3 Å². The van der Waals surface area contributed by atoms with E-state index in [0.29, 0.717) is 22.7 Å². The molecule has 1 atom stereocenters. The summed E-state index contributed by atoms with van der Waals surface area (Å²) in [4.78, 5) is 28.5. The number of amides is 1. The maximum atomic E-state index is 13.6. The summed E-state index contributed by atoms with van der Waals surface area (Å²) in [5, 5.41) is 11.7. The second-order valence-electron chi connectivity index (χ2n) is 8.59. The van der Waals surface area contributed by atoms with Crippen LogP contribution < -0.4 is 23.8 Å². The minimum absolute atomic E-state index is 0.00650. The van der Waals surface area contributed by atoms with Crippen LogP contribution >= 0.6 is 23.2 Å². The van der Waals surface area contributed by atoms with Crippen LogP contribution in [0.2, 0.25) is 10.0 Å². The summed E-state index contributed by atoms with van der Waals surface area (Å²) in [6, 6.07) is 12.7. The summed E-state index contributed by atoms with van der Waals surface area (Å²) in [5.74, 6) is -1.22. The molecule has 1 fully saturated rings. The zero-order valence-electron chi connectivity index (χ0n) is 22.0. The number of ether oxygens (including phenoxy) is 4. The number of methoxy groups -OCH3 is 4. The average Bonchev–Trinajstić information content (AvgIpc) is 3.22. The molecule has 0 spiro atoms. The first-order chi connectivity index (χ1) is 18.7. The Morgan fingerprint density at radius 1 is 0.872 bits per heavy atom. The van der Waals surface area contributed by atoms with E-state index < -0.39 is 23.5 Å². The number of hydrogen-bond donors (Lipinski definition) is 1. The third-order valence-corrected chi connectivity index (χ3v) is 7.21. The second-order valence-corrected chi connectivity index (χ2v) is 9.38. The number of rotatable bonds is 8. The molecule has 1 saturated heterocycles. The topological polar surface area (TPSA) is 94.5 Å². The lowest BCUT2D eigenvalue weighted by molar-refractivity contribution is -0.132. The highest BCUT2D eigenvalue weighted by Gasteiger charge is 2.47. The number of Topliss-reactive ketones (excluding diaryl/α,β-unsaturated/α-hetero) is 1. The van der Waals surface area contributed by atoms with Crippen molar-refractivity contribution in [2.24, 2.45) is 0 Å². The van der Waals surface area contributed by atoms with Crippen LogP contribution in [0.25, 0.3) is 5.76 Å². The van der Waals surface area contributed by atoms with Crippen molar-refractivity contribution >= 4 is 46.3 Å². The first-order valence-corrected chi connectivity index (χ1v) is 12.7. The van der Waals surface area contributed by atoms with Crippen molar-refractivity contribution in [3.8, 4) is 23.0 Å². The molecule has 204 valence electrons. The van der Waals surface area contributed by atoms with Crippen molar-refractivity contribution in [3.63, 3.8) is 0 Å². The van der Waals surface area contributed by atoms with Crippen LogP contribution in [0, 0.1) is 0 Å². The van der Waals surface area contributed by atoms with Gasteiger partial charge in [0.1, 0.15) is 10.8 Å². The number of carbonyl (C=O) groups excluding carboxylic acids is 2. The van der Waals surface area contributed by atoms with Crippen LogP contribution in [0.15, 0.2) is 54.1 Å². The van der Waals surface area contributed by atoms with Gasteiger partial charge in [-0.2, -0.15) is 0 Å². The molecule has 4 rings (SSSR count). The molecule has 0 aliphatic carbocycles. The Balaban J connectivity index is 2.01. The fourth-order valence-electron chi connectivity index (χ4n) is 4.62. The fourth-order valence-corrected chi connectivity index (χ4v) is 5.30. The zero-order chi connectivity index (χ0) is 28.4. The van der Waals surface area contributed by atoms with Gasteiger partial charge in [0.15, 0.2) is 23.0 Å². The van der Waals surface area contributed by atoms with Crippen molar-refractivity contribution in [1.29, 1.82) is 0 Å². The third-order valence-electron chi connectivity index (χ3n) is 6.59. The molecule has 3 aromatic rings. The van der Waals surface area contributed by atoms with Crippen molar-refractivity contribution in [2.45, 2.75) is 19.4 Å². The maximum absolute atomic E-state index is 13.6. The Hall–Kier alpha value is -3.88. The van der Waals surface area contributed by atoms with Crippen LogP contribution in [-0.2, 0) is 16.0 Å². The Bertz CT molecular complexity index is 1470. The van der Waals surface area contributed by atoms with E-state index in [2.05, 4.69) is 0 Å². The molecule has 1 unspecified atom stereocenters. The van der Waals surface area contributed by atoms with Gasteiger partial charge >= 0.3 is 0 Å². The van der Waals surface area contributed by atoms with Gasteiger partial charge in [0.05, 0.1) is 50.6 Å². The number of nitrogens with zero attached hydrogens (tertiary/aromatic N) is 1. The number of carbonyl (C=O) groups is 2. The van der Waals surface area contributed by atoms with E-state index in [0.717, 1.165) is 12.0 Å². The Morgan fingerprint density at radius 2 is 1.51 bits per heavy atom. The van der Waals surface area contributed by atoms with Crippen LogP contribution in [0.1, 0.15) is 29.7 Å². The first kappa shape index (κ1) is 28.1. The summed E-state index contributed by atoms with van der Waals surface area (Å²) >= 11 is 12.8. The molecule has 1 heterocycles. The van der Waals surface area contributed by atoms with Gasteiger partial charge in [0.25, 0.3) is 11.7 Å². The molecule has 0 radical (unpaired) electrons. The zero-order valence-corrected chi connectivity index (χ0v) is 23.5. The molecule has 1 N–H and O–H groups in total. The van der Waals surface area contributed by atoms with Crippen LogP contribution in [0.5, 0.6) is 23.0 Å². The van der Waals surface area contributed by atoms with Gasteiger partial charge in [0, 0.05) is 11.8 Å². The van der Waals surface area contributed by atoms with E-state index in [1.54, 1.807) is 18.2 Å². The normalized spacial score (nSPS) is 16.4. The number of benzene rings is 3. The summed E-state index contributed by atoms with van der Waals surface area (Å²) in [5.41, 5.74) is 1.92. The molecule has 0 aromatic heterocycles. The van der Waals surface area contributed by atoms with E-state index >= 15 is 0 Å². The van der Waals surface area contributed by atoms with Gasteiger partial charge in [-0.05, 0) is 35.7 Å². The van der Waals surface area contributed by atoms with Gasteiger partial charge in [0.2, 0.25) is 0 Å². The van der Waals surface area contributed by atoms with Crippen LogP contribution in [0.3, 0.4) is 0 Å². The number of aliphatic hydroxyl groups excluding tert-OH is 1. The van der Waals surface area contributed by atoms with Gasteiger partial charge in [-0.1, -0.05) is 54.4 Å². The predicted molar refractivity (Wildman–Crippen MR) is 150 cm³/mol. The standard InChI is InChI=1S/C29H27Cl2NO7/c1-6-15-7-9-16(10-8-15)24-22(25(33)18-14-19(30)28(39-5)23(31)27(18)38-4)26(34)29(35)32(24)17-11-12-20(36-2)21(13-17)37-3/h7-14,24,33H,6H2,1-5H3/b25-22+. The molecule has 1 amide bonds. The lowest BCUT2D eigenvalue weighted by Crippen LogP contribution is -2.29. The largest absolute Gasteiger partial charge is 0.507 e. The molecule has 39 heavy (non-hydrogen) atoms. The number of ketones is 1. The monoisotopic (exact) mass is 571 g/mol. The second kappa shape index (κ2) is 11.5. The highest BCUT2D eigenvalue weighted by molar-refractivity contribution is 6.52. The van der Waals surface area contributed by atoms with E-state index in [9.17, 15) is 14.7 Å². The van der Waals surface area contributed by atoms with Crippen molar-refractivity contribution in [3.05, 3.63) is 80.8 Å². The highest BCUT2D eigenvalue weighted by Crippen LogP contribution is 2.48. The van der Waals surface area contributed by atoms with Crippen molar-refractivity contribution in [1.82, 2.24) is 0 Å². The molecule has 1 aliphatic rings. The number of anilines is 1. The maximum Gasteiger partial charge on any atom is 0.300 e. The summed E-state index contributed by atoms with van der Waals surface area (Å²) < 4.78 is 21.5. The Labute approximate surface area is 236 Å². The SMILES string of the molecule is CCc1ccc(C2/C(=C(\O)c3cc(Cl)c(OC)c(Cl)c3OC)C(=O)C(=O)N2c2ccc(OC)c(OC)c2)cc1. The number of aliphatic hydroxyl groups is 1. The minimum atomic E-state index is -0.988. The van der Waals surface area contributed by atoms with E-state index in [-0.39, 0.29) is 32.7 Å². The van der Waals surface area contributed by atoms with Gasteiger partial charge < -0.3 is 24.1 Å². The number of halogens is 2. The fraction of sp³-hybridized carbons (Fsp3) is 0.241. The minimum Gasteiger partial charge on any atom is -0.507 e. The lowest BCUT2D eigenvalue weighted by atomic mass is 9.94. The molecular weight excluding hydrogens is 545 g/mol. The van der Waals surface area contributed by atoms with Gasteiger partial charge in [-0.15, -0.1) is 0 Å². The molecule has 10 heteroatoms. The molecule has 0 saturated carbocycles. The highest BCUT2D eigenvalue weighted by atomic mass is 35.5. The van der Waals surface area contributed by atoms with Crippen LogP contribution in [-0.4, -0.2) is 45.2 Å². The van der Waals surface area contributed by atoms with Crippen LogP contribution in [0.4, 0.5) is 5.69 Å². The van der Waals surface area contributed by atoms with Crippen molar-refractivity contribution < 1.29 is 33.6 Å². The number of aryl methyl sites for hydroxylation is 1. The number of hydrogen-bond acceptors (Lipinski definition) is 7. The summed E-state index contributed by atoms with van der Waals surface area (Å²) in [6.07, 6.45) is 0.802. The quantitative estimate of drug-likeness (QED) is 0.195. The van der Waals surface area contributed by atoms with Gasteiger partial charge in [-0.25, -0.2) is 0 Å². The Kier molecular flexibility index (Phi) is 8.28. The molecule has 8 nitrogen and oxygen atoms in total. The Morgan fingerprint density at radius 3 is 2.08 bits per heavy atom. The van der Waals surface area contributed by atoms with E-state index in [1.165, 1.54) is 39.4 Å². The molecule has 1 aliphatic heterocycles. The average molecular weight is 572 g/mol. The van der Waals surface area contributed by atoms with E-state index in [1.807, 2.05) is 31.2 Å². The summed E-state index contributed by atoms with van der Waals surface area (Å²) in [6.45, 7) is 2.02. The molecule has 0 bridgehead atoms. The predicted octanol–water partition coefficient (Wildman–Crippen LogP) is 6.22. The summed E-state index contributed by atoms with van der Waals surface area (Å²) in [7, 11) is 5.72. The first-order valence-electron chi connectivity index (χ1n) is 11.9. The van der Waals surface area contributed by atoms with Gasteiger partial charge in [-0.3, -0.25) is 14.5 Å². The molecule has 3 aromatic carbocycles. The molecular formula is C29H27Cl2NO7. The smallest absolute Gasteiger partial charge is 0.300 e. The lowest BCUT2D eigenvalue weighted by Gasteiger charge is -2.26.